The smallest absolute Gasteiger partial charge is 0.251 e. The normalized spacial score (nSPS) is 10.5. The predicted molar refractivity (Wildman–Crippen MR) is 72.4 cm³/mol. The van der Waals surface area contributed by atoms with E-state index in [-0.39, 0.29) is 5.56 Å². The Bertz CT molecular complexity index is 610. The van der Waals surface area contributed by atoms with Crippen molar-refractivity contribution in [3.8, 4) is 11.4 Å². The van der Waals surface area contributed by atoms with Gasteiger partial charge in [0, 0.05) is 21.8 Å². The van der Waals surface area contributed by atoms with E-state index in [1.54, 1.807) is 6.07 Å². The van der Waals surface area contributed by atoms with E-state index in [1.165, 1.54) is 6.07 Å². The number of benzene rings is 1. The molecule has 1 aromatic heterocycles. The Morgan fingerprint density at radius 3 is 2.82 bits per heavy atom. The third-order valence-corrected chi connectivity index (χ3v) is 3.15. The number of rotatable bonds is 2. The number of nitrogens with zero attached hydrogens (tertiary/aromatic N) is 1. The maximum Gasteiger partial charge on any atom is 0.251 e. The summed E-state index contributed by atoms with van der Waals surface area (Å²) in [6.07, 6.45) is 0.713. The maximum atomic E-state index is 11.5. The van der Waals surface area contributed by atoms with Crippen LogP contribution in [-0.2, 0) is 6.42 Å². The molecule has 1 heterocycles. The summed E-state index contributed by atoms with van der Waals surface area (Å²) >= 11 is 9.45. The first-order valence-corrected chi connectivity index (χ1v) is 6.33. The summed E-state index contributed by atoms with van der Waals surface area (Å²) in [5.74, 6) is 0.506. The summed E-state index contributed by atoms with van der Waals surface area (Å²) in [4.78, 5) is 18.5. The fourth-order valence-corrected chi connectivity index (χ4v) is 2.26. The minimum Gasteiger partial charge on any atom is -0.306 e. The molecule has 5 heteroatoms. The second-order valence-electron chi connectivity index (χ2n) is 3.56. The molecule has 0 fully saturated rings. The molecule has 3 nitrogen and oxygen atoms in total. The van der Waals surface area contributed by atoms with E-state index in [9.17, 15) is 4.79 Å². The highest BCUT2D eigenvalue weighted by molar-refractivity contribution is 9.10. The van der Waals surface area contributed by atoms with Crippen LogP contribution in [0.5, 0.6) is 0 Å². The quantitative estimate of drug-likeness (QED) is 0.923. The van der Waals surface area contributed by atoms with E-state index < -0.39 is 0 Å². The number of hydrogen-bond acceptors (Lipinski definition) is 2. The molecule has 0 saturated carbocycles. The van der Waals surface area contributed by atoms with Crippen molar-refractivity contribution in [1.82, 2.24) is 9.97 Å². The van der Waals surface area contributed by atoms with E-state index >= 15 is 0 Å². The van der Waals surface area contributed by atoms with Gasteiger partial charge < -0.3 is 4.98 Å². The molecule has 2 rings (SSSR count). The molecule has 2 aromatic rings. The van der Waals surface area contributed by atoms with E-state index in [1.807, 2.05) is 19.1 Å². The first-order valence-electron chi connectivity index (χ1n) is 5.16. The number of aryl methyl sites for hydroxylation is 1. The first kappa shape index (κ1) is 12.3. The van der Waals surface area contributed by atoms with Crippen LogP contribution in [0.2, 0.25) is 5.02 Å². The highest BCUT2D eigenvalue weighted by atomic mass is 79.9. The second kappa shape index (κ2) is 5.02. The van der Waals surface area contributed by atoms with Crippen molar-refractivity contribution >= 4 is 27.5 Å². The molecule has 0 aliphatic carbocycles. The number of halogens is 2. The summed E-state index contributed by atoms with van der Waals surface area (Å²) in [6, 6.07) is 6.95. The van der Waals surface area contributed by atoms with Gasteiger partial charge in [-0.25, -0.2) is 4.98 Å². The SMILES string of the molecule is CCc1cc(=O)[nH]c(-c2ccc(Br)cc2Cl)n1. The minimum atomic E-state index is -0.161. The van der Waals surface area contributed by atoms with Crippen molar-refractivity contribution in [2.45, 2.75) is 13.3 Å². The summed E-state index contributed by atoms with van der Waals surface area (Å²) in [6.45, 7) is 1.95. The van der Waals surface area contributed by atoms with Crippen molar-refractivity contribution in [2.75, 3.05) is 0 Å². The molecular weight excluding hydrogens is 304 g/mol. The Morgan fingerprint density at radius 1 is 1.41 bits per heavy atom. The largest absolute Gasteiger partial charge is 0.306 e. The molecule has 0 saturated heterocycles. The van der Waals surface area contributed by atoms with Crippen LogP contribution in [0.25, 0.3) is 11.4 Å². The van der Waals surface area contributed by atoms with Crippen LogP contribution in [0.3, 0.4) is 0 Å². The van der Waals surface area contributed by atoms with Gasteiger partial charge in [0.25, 0.3) is 5.56 Å². The molecule has 0 aliphatic heterocycles. The van der Waals surface area contributed by atoms with Gasteiger partial charge in [0.1, 0.15) is 5.82 Å². The maximum absolute atomic E-state index is 11.5. The summed E-state index contributed by atoms with van der Waals surface area (Å²) in [7, 11) is 0. The van der Waals surface area contributed by atoms with Crippen molar-refractivity contribution < 1.29 is 0 Å². The Balaban J connectivity index is 2.60. The van der Waals surface area contributed by atoms with Crippen molar-refractivity contribution in [3.05, 3.63) is 49.8 Å². The van der Waals surface area contributed by atoms with Crippen molar-refractivity contribution in [2.24, 2.45) is 0 Å². The third kappa shape index (κ3) is 2.76. The molecule has 0 atom stereocenters. The lowest BCUT2D eigenvalue weighted by Crippen LogP contribution is -2.10. The zero-order valence-corrected chi connectivity index (χ0v) is 11.5. The number of aromatic amines is 1. The Hall–Kier alpha value is -1.13. The molecule has 0 bridgehead atoms. The van der Waals surface area contributed by atoms with Crippen molar-refractivity contribution in [3.63, 3.8) is 0 Å². The lowest BCUT2D eigenvalue weighted by atomic mass is 10.2. The number of nitrogens with one attached hydrogen (secondary N) is 1. The van der Waals surface area contributed by atoms with Crippen molar-refractivity contribution in [1.29, 1.82) is 0 Å². The number of hydrogen-bond donors (Lipinski definition) is 1. The Kier molecular flexibility index (Phi) is 3.64. The van der Waals surface area contributed by atoms with Crippen LogP contribution >= 0.6 is 27.5 Å². The van der Waals surface area contributed by atoms with E-state index in [0.717, 1.165) is 15.7 Å². The van der Waals surface area contributed by atoms with Gasteiger partial charge >= 0.3 is 0 Å². The van der Waals surface area contributed by atoms with Gasteiger partial charge in [0.2, 0.25) is 0 Å². The average Bonchev–Trinajstić information content (AvgIpc) is 2.28. The van der Waals surface area contributed by atoms with Gasteiger partial charge in [0.15, 0.2) is 0 Å². The van der Waals surface area contributed by atoms with Gasteiger partial charge in [-0.3, -0.25) is 4.79 Å². The molecule has 0 aliphatic rings. The zero-order valence-electron chi connectivity index (χ0n) is 9.13. The molecule has 0 unspecified atom stereocenters. The van der Waals surface area contributed by atoms with Crippen LogP contribution in [0.4, 0.5) is 0 Å². The van der Waals surface area contributed by atoms with Crippen LogP contribution in [0.1, 0.15) is 12.6 Å². The monoisotopic (exact) mass is 312 g/mol. The third-order valence-electron chi connectivity index (χ3n) is 2.34. The first-order chi connectivity index (χ1) is 8.10. The zero-order chi connectivity index (χ0) is 12.4. The van der Waals surface area contributed by atoms with Crippen LogP contribution in [0, 0.1) is 0 Å². The van der Waals surface area contributed by atoms with Gasteiger partial charge in [-0.15, -0.1) is 0 Å². The number of aromatic nitrogens is 2. The Labute approximate surface area is 112 Å². The highest BCUT2D eigenvalue weighted by Gasteiger charge is 2.07. The lowest BCUT2D eigenvalue weighted by molar-refractivity contribution is 0.987. The fraction of sp³-hybridized carbons (Fsp3) is 0.167. The van der Waals surface area contributed by atoms with Gasteiger partial charge in [-0.1, -0.05) is 34.5 Å². The van der Waals surface area contributed by atoms with E-state index in [4.69, 9.17) is 11.6 Å². The Morgan fingerprint density at radius 2 is 2.18 bits per heavy atom. The van der Waals surface area contributed by atoms with E-state index in [2.05, 4.69) is 25.9 Å². The number of H-pyrrole nitrogens is 1. The van der Waals surface area contributed by atoms with Gasteiger partial charge in [-0.05, 0) is 24.6 Å². The van der Waals surface area contributed by atoms with Crippen LogP contribution < -0.4 is 5.56 Å². The molecule has 1 N–H and O–H groups in total. The molecule has 1 aromatic carbocycles. The van der Waals surface area contributed by atoms with Gasteiger partial charge in [-0.2, -0.15) is 0 Å². The molecule has 88 valence electrons. The molecular formula is C12H10BrClN2O. The summed E-state index contributed by atoms with van der Waals surface area (Å²) in [5.41, 5.74) is 1.32. The minimum absolute atomic E-state index is 0.161. The van der Waals surface area contributed by atoms with Gasteiger partial charge in [0.05, 0.1) is 5.02 Å². The summed E-state index contributed by atoms with van der Waals surface area (Å²) < 4.78 is 0.889. The summed E-state index contributed by atoms with van der Waals surface area (Å²) in [5, 5.41) is 0.552. The fourth-order valence-electron chi connectivity index (χ4n) is 1.50. The highest BCUT2D eigenvalue weighted by Crippen LogP contribution is 2.27. The molecule has 17 heavy (non-hydrogen) atoms. The second-order valence-corrected chi connectivity index (χ2v) is 4.89. The molecule has 0 amide bonds. The molecule has 0 radical (unpaired) electrons. The standard InChI is InChI=1S/C12H10BrClN2O/c1-2-8-6-11(17)16-12(15-8)9-4-3-7(13)5-10(9)14/h3-6H,2H2,1H3,(H,15,16,17). The topological polar surface area (TPSA) is 45.8 Å². The molecule has 0 spiro atoms. The van der Waals surface area contributed by atoms with Crippen LogP contribution in [0.15, 0.2) is 33.5 Å². The van der Waals surface area contributed by atoms with E-state index in [0.29, 0.717) is 17.3 Å². The average molecular weight is 314 g/mol. The predicted octanol–water partition coefficient (Wildman–Crippen LogP) is 3.42. The van der Waals surface area contributed by atoms with Crippen LogP contribution in [-0.4, -0.2) is 9.97 Å². The lowest BCUT2D eigenvalue weighted by Gasteiger charge is -2.05.